The maximum atomic E-state index is 11.5. The molecule has 3 N–H and O–H groups in total. The molecule has 0 amide bonds. The number of fused-ring (bicyclic) bond motifs is 1. The molecule has 5 saturated carbocycles. The number of rotatable bonds is 1. The van der Waals surface area contributed by atoms with E-state index >= 15 is 0 Å². The Morgan fingerprint density at radius 1 is 1.19 bits per heavy atom. The van der Waals surface area contributed by atoms with E-state index in [2.05, 4.69) is 25.3 Å². The molecule has 0 aromatic carbocycles. The van der Waals surface area contributed by atoms with Gasteiger partial charge in [-0.2, -0.15) is 0 Å². The van der Waals surface area contributed by atoms with Crippen LogP contribution in [-0.2, 0) is 0 Å². The third-order valence-corrected chi connectivity index (χ3v) is 10.6. The van der Waals surface area contributed by atoms with E-state index in [1.54, 1.807) is 0 Å². The molecule has 1 saturated heterocycles. The summed E-state index contributed by atoms with van der Waals surface area (Å²) in [5.74, 6) is 1.26. The Balaban J connectivity index is 1.61. The van der Waals surface area contributed by atoms with E-state index in [1.165, 1.54) is 0 Å². The van der Waals surface area contributed by atoms with Gasteiger partial charge in [0, 0.05) is 29.3 Å². The number of aliphatic hydroxyl groups excluding tert-OH is 3. The van der Waals surface area contributed by atoms with Crippen molar-refractivity contribution in [1.82, 2.24) is 4.90 Å². The molecule has 6 aliphatic rings. The highest BCUT2D eigenvalue weighted by atomic mass is 16.3. The van der Waals surface area contributed by atoms with E-state index in [9.17, 15) is 15.3 Å². The van der Waals surface area contributed by atoms with Gasteiger partial charge in [0.2, 0.25) is 0 Å². The van der Waals surface area contributed by atoms with Crippen LogP contribution in [-0.4, -0.2) is 57.7 Å². The summed E-state index contributed by atoms with van der Waals surface area (Å²) in [6.07, 6.45) is 3.58. The zero-order valence-electron chi connectivity index (χ0n) is 16.1. The second-order valence-electron chi connectivity index (χ2n) is 10.9. The number of aliphatic hydroxyl groups is 3. The van der Waals surface area contributed by atoms with Crippen molar-refractivity contribution < 1.29 is 15.3 Å². The van der Waals surface area contributed by atoms with Crippen molar-refractivity contribution >= 4 is 0 Å². The lowest BCUT2D eigenvalue weighted by molar-refractivity contribution is -0.218. The fraction of sp³-hybridized carbons (Fsp3) is 0.909. The number of hydrogen-bond acceptors (Lipinski definition) is 4. The highest BCUT2D eigenvalue weighted by Crippen LogP contribution is 2.83. The molecule has 7 bridgehead atoms. The average Bonchev–Trinajstić information content (AvgIpc) is 3.14. The lowest BCUT2D eigenvalue weighted by Crippen LogP contribution is -2.68. The maximum absolute atomic E-state index is 11.5. The number of nitrogens with zero attached hydrogens (tertiary/aromatic N) is 1. The van der Waals surface area contributed by atoms with Crippen LogP contribution in [0, 0.1) is 39.9 Å². The van der Waals surface area contributed by atoms with Gasteiger partial charge in [0.05, 0.1) is 18.3 Å². The summed E-state index contributed by atoms with van der Waals surface area (Å²) in [7, 11) is 0. The molecule has 144 valence electrons. The summed E-state index contributed by atoms with van der Waals surface area (Å²) < 4.78 is 0. The van der Waals surface area contributed by atoms with Crippen LogP contribution in [0.15, 0.2) is 12.2 Å². The lowest BCUT2D eigenvalue weighted by atomic mass is 9.43. The maximum Gasteiger partial charge on any atom is 0.0813 e. The molecule has 0 radical (unpaired) electrons. The van der Waals surface area contributed by atoms with Crippen LogP contribution in [0.2, 0.25) is 0 Å². The standard InChI is InChI=1S/C22H33NO3/c1-4-23-10-20(3)6-5-17(25)22-15(20)7-13(18(22)23)21-9-12(11(2)19(21)26)14(24)8-16(21)22/h12-19,24-26H,2,4-10H2,1,3H3/t12?,13-,14-,15?,16?,17-,18?,19+,20-,21-,22-/m0/s1. The van der Waals surface area contributed by atoms with Crippen LogP contribution in [0.25, 0.3) is 0 Å². The zero-order chi connectivity index (χ0) is 18.2. The molecule has 6 rings (SSSR count). The van der Waals surface area contributed by atoms with Gasteiger partial charge >= 0.3 is 0 Å². The first kappa shape index (κ1) is 16.5. The average molecular weight is 360 g/mol. The van der Waals surface area contributed by atoms with Gasteiger partial charge < -0.3 is 15.3 Å². The Morgan fingerprint density at radius 3 is 2.69 bits per heavy atom. The Hall–Kier alpha value is -0.420. The van der Waals surface area contributed by atoms with Gasteiger partial charge in [0.25, 0.3) is 0 Å². The summed E-state index contributed by atoms with van der Waals surface area (Å²) in [5, 5.41) is 33.8. The second kappa shape index (κ2) is 4.59. The van der Waals surface area contributed by atoms with Crippen LogP contribution in [0.4, 0.5) is 0 Å². The Kier molecular flexibility index (Phi) is 2.92. The van der Waals surface area contributed by atoms with Crippen LogP contribution in [0.5, 0.6) is 0 Å². The highest BCUT2D eigenvalue weighted by molar-refractivity contribution is 5.39. The van der Waals surface area contributed by atoms with Crippen molar-refractivity contribution in [1.29, 1.82) is 0 Å². The summed E-state index contributed by atoms with van der Waals surface area (Å²) in [6, 6.07) is 0.373. The SMILES string of the molecule is C=C1C2C[C@]3(C(C[C@@H]2O)[C@@]24C5[C@@H]3CC2[C@@](C)(CC[C@@H]4O)CN5CC)[C@@H]1O. The molecule has 26 heavy (non-hydrogen) atoms. The van der Waals surface area contributed by atoms with Gasteiger partial charge in [-0.05, 0) is 67.4 Å². The normalized spacial score (nSPS) is 65.5. The molecule has 4 unspecified atom stereocenters. The lowest BCUT2D eigenvalue weighted by Gasteiger charge is -2.65. The van der Waals surface area contributed by atoms with Crippen LogP contribution < -0.4 is 0 Å². The highest BCUT2D eigenvalue weighted by Gasteiger charge is 2.85. The van der Waals surface area contributed by atoms with Crippen molar-refractivity contribution in [3.63, 3.8) is 0 Å². The van der Waals surface area contributed by atoms with E-state index in [0.717, 1.165) is 50.8 Å². The molecule has 1 aliphatic heterocycles. The largest absolute Gasteiger partial charge is 0.392 e. The summed E-state index contributed by atoms with van der Waals surface area (Å²) in [6.45, 7) is 11.1. The molecule has 4 heteroatoms. The van der Waals surface area contributed by atoms with Gasteiger partial charge in [-0.25, -0.2) is 0 Å². The van der Waals surface area contributed by atoms with Gasteiger partial charge in [0.1, 0.15) is 0 Å². The van der Waals surface area contributed by atoms with Gasteiger partial charge in [-0.1, -0.05) is 20.4 Å². The molecule has 11 atom stereocenters. The molecule has 5 aliphatic carbocycles. The van der Waals surface area contributed by atoms with Gasteiger partial charge in [0.15, 0.2) is 0 Å². The van der Waals surface area contributed by atoms with E-state index < -0.39 is 12.2 Å². The van der Waals surface area contributed by atoms with E-state index in [0.29, 0.717) is 17.9 Å². The van der Waals surface area contributed by atoms with E-state index in [1.807, 2.05) is 0 Å². The van der Waals surface area contributed by atoms with Crippen molar-refractivity contribution in [2.24, 2.45) is 39.9 Å². The van der Waals surface area contributed by atoms with Crippen molar-refractivity contribution in [3.8, 4) is 0 Å². The summed E-state index contributed by atoms with van der Waals surface area (Å²) >= 11 is 0. The minimum absolute atomic E-state index is 0.0547. The topological polar surface area (TPSA) is 63.9 Å². The van der Waals surface area contributed by atoms with Crippen molar-refractivity contribution in [2.75, 3.05) is 13.1 Å². The summed E-state index contributed by atoms with van der Waals surface area (Å²) in [5.41, 5.74) is 0.849. The molecule has 4 nitrogen and oxygen atoms in total. The van der Waals surface area contributed by atoms with Crippen molar-refractivity contribution in [3.05, 3.63) is 12.2 Å². The fourth-order valence-electron chi connectivity index (χ4n) is 9.97. The minimum atomic E-state index is -0.500. The molecule has 0 aromatic heterocycles. The zero-order valence-corrected chi connectivity index (χ0v) is 16.1. The molecular formula is C22H33NO3. The van der Waals surface area contributed by atoms with Gasteiger partial charge in [-0.3, -0.25) is 4.90 Å². The molecular weight excluding hydrogens is 326 g/mol. The number of likely N-dealkylation sites (tertiary alicyclic amines) is 1. The molecule has 1 heterocycles. The third-order valence-electron chi connectivity index (χ3n) is 10.6. The summed E-state index contributed by atoms with van der Waals surface area (Å²) in [4.78, 5) is 2.65. The number of piperidine rings is 1. The first-order chi connectivity index (χ1) is 12.3. The molecule has 6 fully saturated rings. The van der Waals surface area contributed by atoms with Crippen molar-refractivity contribution in [2.45, 2.75) is 70.3 Å². The first-order valence-corrected chi connectivity index (χ1v) is 10.8. The van der Waals surface area contributed by atoms with Crippen LogP contribution in [0.1, 0.15) is 46.0 Å². The van der Waals surface area contributed by atoms with Crippen LogP contribution in [0.3, 0.4) is 0 Å². The smallest absolute Gasteiger partial charge is 0.0813 e. The Morgan fingerprint density at radius 2 is 1.96 bits per heavy atom. The Labute approximate surface area is 156 Å². The predicted molar refractivity (Wildman–Crippen MR) is 98.2 cm³/mol. The third kappa shape index (κ3) is 1.37. The Bertz CT molecular complexity index is 695. The minimum Gasteiger partial charge on any atom is -0.392 e. The molecule has 0 aromatic rings. The quantitative estimate of drug-likeness (QED) is 0.625. The van der Waals surface area contributed by atoms with Gasteiger partial charge in [-0.15, -0.1) is 0 Å². The first-order valence-electron chi connectivity index (χ1n) is 10.8. The number of hydrogen-bond donors (Lipinski definition) is 3. The van der Waals surface area contributed by atoms with E-state index in [-0.39, 0.29) is 34.2 Å². The fourth-order valence-corrected chi connectivity index (χ4v) is 9.97. The van der Waals surface area contributed by atoms with Crippen LogP contribution >= 0.6 is 0 Å². The second-order valence-corrected chi connectivity index (χ2v) is 10.9. The molecule has 2 spiro atoms. The monoisotopic (exact) mass is 359 g/mol. The predicted octanol–water partition coefficient (Wildman–Crippen LogP) is 1.79. The van der Waals surface area contributed by atoms with E-state index in [4.69, 9.17) is 0 Å².